The van der Waals surface area contributed by atoms with Crippen LogP contribution in [0.25, 0.3) is 0 Å². The molecule has 0 saturated carbocycles. The molecule has 1 heterocycles. The molecule has 0 radical (unpaired) electrons. The molecule has 0 aliphatic carbocycles. The Kier molecular flexibility index (Phi) is 5.73. The summed E-state index contributed by atoms with van der Waals surface area (Å²) in [7, 11) is 5.77. The van der Waals surface area contributed by atoms with Crippen LogP contribution < -0.4 is 16.0 Å². The quantitative estimate of drug-likeness (QED) is 0.546. The third kappa shape index (κ3) is 4.08. The normalized spacial score (nSPS) is 25.0. The minimum Gasteiger partial charge on any atom is -0.358 e. The summed E-state index contributed by atoms with van der Waals surface area (Å²) in [6.45, 7) is 3.05. The molecule has 1 amide bonds. The van der Waals surface area contributed by atoms with Gasteiger partial charge in [0.05, 0.1) is 6.04 Å². The Hall–Kier alpha value is -0.650. The van der Waals surface area contributed by atoms with E-state index in [0.29, 0.717) is 6.04 Å². The maximum Gasteiger partial charge on any atom is 0.236 e. The summed E-state index contributed by atoms with van der Waals surface area (Å²) in [5, 5.41) is 9.20. The Morgan fingerprint density at radius 3 is 2.81 bits per heavy atom. The van der Waals surface area contributed by atoms with E-state index in [4.69, 9.17) is 0 Å². The number of rotatable bonds is 6. The molecule has 0 aromatic heterocycles. The van der Waals surface area contributed by atoms with Crippen LogP contribution in [0.4, 0.5) is 0 Å². The van der Waals surface area contributed by atoms with Gasteiger partial charge in [0.25, 0.3) is 0 Å². The fourth-order valence-electron chi connectivity index (χ4n) is 2.11. The lowest BCUT2D eigenvalue weighted by Crippen LogP contribution is -2.45. The standard InChI is InChI=1S/C11H24N4O/c1-12-6-7-15(3)8-9-4-5-10(14-9)11(16)13-2/h9-10,12,14H,4-8H2,1-3H3,(H,13,16). The summed E-state index contributed by atoms with van der Waals surface area (Å²) >= 11 is 0. The van der Waals surface area contributed by atoms with E-state index in [1.807, 2.05) is 7.05 Å². The highest BCUT2D eigenvalue weighted by Crippen LogP contribution is 2.13. The first-order valence-electron chi connectivity index (χ1n) is 5.98. The summed E-state index contributed by atoms with van der Waals surface area (Å²) < 4.78 is 0. The molecule has 2 atom stereocenters. The SMILES string of the molecule is CNCCN(C)CC1CCC(C(=O)NC)N1. The van der Waals surface area contributed by atoms with Gasteiger partial charge in [-0.2, -0.15) is 0 Å². The van der Waals surface area contributed by atoms with E-state index in [0.717, 1.165) is 32.5 Å². The van der Waals surface area contributed by atoms with Crippen molar-refractivity contribution in [1.82, 2.24) is 20.9 Å². The van der Waals surface area contributed by atoms with Gasteiger partial charge in [-0.25, -0.2) is 0 Å². The maximum atomic E-state index is 11.4. The fraction of sp³-hybridized carbons (Fsp3) is 0.909. The maximum absolute atomic E-state index is 11.4. The van der Waals surface area contributed by atoms with Gasteiger partial charge in [0, 0.05) is 32.7 Å². The van der Waals surface area contributed by atoms with Crippen LogP contribution in [0.1, 0.15) is 12.8 Å². The zero-order valence-electron chi connectivity index (χ0n) is 10.5. The predicted molar refractivity (Wildman–Crippen MR) is 65.4 cm³/mol. The Morgan fingerprint density at radius 2 is 2.19 bits per heavy atom. The van der Waals surface area contributed by atoms with Gasteiger partial charge >= 0.3 is 0 Å². The van der Waals surface area contributed by atoms with Gasteiger partial charge < -0.3 is 20.9 Å². The molecule has 0 bridgehead atoms. The van der Waals surface area contributed by atoms with Gasteiger partial charge in [0.15, 0.2) is 0 Å². The number of carbonyl (C=O) groups is 1. The van der Waals surface area contributed by atoms with E-state index in [-0.39, 0.29) is 11.9 Å². The first-order valence-corrected chi connectivity index (χ1v) is 5.98. The molecular formula is C11H24N4O. The molecule has 94 valence electrons. The molecule has 1 saturated heterocycles. The molecule has 0 aromatic rings. The molecule has 3 N–H and O–H groups in total. The number of hydrogen-bond donors (Lipinski definition) is 3. The van der Waals surface area contributed by atoms with E-state index >= 15 is 0 Å². The number of carbonyl (C=O) groups excluding carboxylic acids is 1. The minimum atomic E-state index is 0.00713. The number of amides is 1. The molecule has 5 heteroatoms. The molecule has 1 rings (SSSR count). The van der Waals surface area contributed by atoms with Crippen LogP contribution in [-0.2, 0) is 4.79 Å². The Bertz CT molecular complexity index is 222. The lowest BCUT2D eigenvalue weighted by atomic mass is 10.2. The van der Waals surface area contributed by atoms with Gasteiger partial charge in [-0.05, 0) is 26.9 Å². The Balaban J connectivity index is 2.23. The minimum absolute atomic E-state index is 0.00713. The van der Waals surface area contributed by atoms with Crippen molar-refractivity contribution in [1.29, 1.82) is 0 Å². The number of nitrogens with one attached hydrogen (secondary N) is 3. The van der Waals surface area contributed by atoms with Crippen LogP contribution in [0.5, 0.6) is 0 Å². The molecule has 5 nitrogen and oxygen atoms in total. The summed E-state index contributed by atoms with van der Waals surface area (Å²) in [6, 6.07) is 0.455. The molecule has 1 aliphatic rings. The van der Waals surface area contributed by atoms with Gasteiger partial charge in [0.1, 0.15) is 0 Å². The summed E-state index contributed by atoms with van der Waals surface area (Å²) in [6.07, 6.45) is 2.03. The van der Waals surface area contributed by atoms with Crippen molar-refractivity contribution in [3.63, 3.8) is 0 Å². The zero-order valence-corrected chi connectivity index (χ0v) is 10.5. The average molecular weight is 228 g/mol. The van der Waals surface area contributed by atoms with Gasteiger partial charge in [-0.3, -0.25) is 4.79 Å². The molecule has 16 heavy (non-hydrogen) atoms. The second-order valence-electron chi connectivity index (χ2n) is 4.47. The largest absolute Gasteiger partial charge is 0.358 e. The van der Waals surface area contributed by atoms with E-state index in [1.54, 1.807) is 7.05 Å². The Morgan fingerprint density at radius 1 is 1.44 bits per heavy atom. The first-order chi connectivity index (χ1) is 7.67. The van der Waals surface area contributed by atoms with Crippen molar-refractivity contribution in [2.45, 2.75) is 24.9 Å². The van der Waals surface area contributed by atoms with E-state index in [9.17, 15) is 4.79 Å². The van der Waals surface area contributed by atoms with Crippen molar-refractivity contribution < 1.29 is 4.79 Å². The summed E-state index contributed by atoms with van der Waals surface area (Å²) in [5.74, 6) is 0.111. The summed E-state index contributed by atoms with van der Waals surface area (Å²) in [4.78, 5) is 13.7. The van der Waals surface area contributed by atoms with Crippen LogP contribution >= 0.6 is 0 Å². The highest BCUT2D eigenvalue weighted by atomic mass is 16.2. The average Bonchev–Trinajstić information content (AvgIpc) is 2.73. The van der Waals surface area contributed by atoms with Crippen molar-refractivity contribution in [3.05, 3.63) is 0 Å². The third-order valence-electron chi connectivity index (χ3n) is 3.08. The third-order valence-corrected chi connectivity index (χ3v) is 3.08. The monoisotopic (exact) mass is 228 g/mol. The van der Waals surface area contributed by atoms with Gasteiger partial charge in [0.2, 0.25) is 5.91 Å². The highest BCUT2D eigenvalue weighted by molar-refractivity contribution is 5.81. The van der Waals surface area contributed by atoms with Gasteiger partial charge in [-0.1, -0.05) is 0 Å². The van der Waals surface area contributed by atoms with Crippen LogP contribution in [0.3, 0.4) is 0 Å². The second-order valence-corrected chi connectivity index (χ2v) is 4.47. The van der Waals surface area contributed by atoms with Crippen molar-refractivity contribution in [2.75, 3.05) is 40.8 Å². The molecule has 0 aromatic carbocycles. The van der Waals surface area contributed by atoms with Crippen LogP contribution in [0.15, 0.2) is 0 Å². The van der Waals surface area contributed by atoms with Crippen molar-refractivity contribution >= 4 is 5.91 Å². The van der Waals surface area contributed by atoms with E-state index in [1.165, 1.54) is 0 Å². The molecule has 2 unspecified atom stereocenters. The smallest absolute Gasteiger partial charge is 0.236 e. The predicted octanol–water partition coefficient (Wildman–Crippen LogP) is -0.996. The van der Waals surface area contributed by atoms with E-state index < -0.39 is 0 Å². The van der Waals surface area contributed by atoms with Crippen LogP contribution in [0.2, 0.25) is 0 Å². The molecular weight excluding hydrogens is 204 g/mol. The number of hydrogen-bond acceptors (Lipinski definition) is 4. The fourth-order valence-corrected chi connectivity index (χ4v) is 2.11. The van der Waals surface area contributed by atoms with E-state index in [2.05, 4.69) is 27.9 Å². The Labute approximate surface area is 98.0 Å². The lowest BCUT2D eigenvalue weighted by molar-refractivity contribution is -0.122. The van der Waals surface area contributed by atoms with Gasteiger partial charge in [-0.15, -0.1) is 0 Å². The summed E-state index contributed by atoms with van der Waals surface area (Å²) in [5.41, 5.74) is 0. The lowest BCUT2D eigenvalue weighted by Gasteiger charge is -2.21. The molecule has 1 fully saturated rings. The molecule has 0 spiro atoms. The van der Waals surface area contributed by atoms with Crippen molar-refractivity contribution in [3.8, 4) is 0 Å². The first kappa shape index (κ1) is 13.4. The number of nitrogens with zero attached hydrogens (tertiary/aromatic N) is 1. The van der Waals surface area contributed by atoms with Crippen LogP contribution in [0, 0.1) is 0 Å². The highest BCUT2D eigenvalue weighted by Gasteiger charge is 2.28. The van der Waals surface area contributed by atoms with Crippen molar-refractivity contribution in [2.24, 2.45) is 0 Å². The van der Waals surface area contributed by atoms with Crippen LogP contribution in [-0.4, -0.2) is 63.7 Å². The second kappa shape index (κ2) is 6.83. The zero-order chi connectivity index (χ0) is 12.0. The topological polar surface area (TPSA) is 56.4 Å². The molecule has 1 aliphatic heterocycles. The number of likely N-dealkylation sites (N-methyl/N-ethyl adjacent to an activating group) is 3.